The lowest BCUT2D eigenvalue weighted by atomic mass is 10.1. The SMILES string of the molecule is CCCc1nccn1Cc1ccc(NC(=O)c2ccccc2C(=O)O)cc1. The zero-order valence-electron chi connectivity index (χ0n) is 15.1. The Kier molecular flexibility index (Phi) is 5.66. The normalized spacial score (nSPS) is 10.6. The molecule has 3 rings (SSSR count). The van der Waals surface area contributed by atoms with Crippen LogP contribution in [-0.4, -0.2) is 26.5 Å². The number of aromatic carboxylic acids is 1. The molecule has 1 heterocycles. The average Bonchev–Trinajstić information content (AvgIpc) is 3.10. The van der Waals surface area contributed by atoms with Crippen molar-refractivity contribution in [3.05, 3.63) is 83.4 Å². The fourth-order valence-corrected chi connectivity index (χ4v) is 2.89. The molecule has 0 spiro atoms. The first-order valence-corrected chi connectivity index (χ1v) is 8.81. The number of nitrogens with zero attached hydrogens (tertiary/aromatic N) is 2. The van der Waals surface area contributed by atoms with Crippen molar-refractivity contribution in [1.29, 1.82) is 0 Å². The van der Waals surface area contributed by atoms with Crippen LogP contribution in [0, 0.1) is 0 Å². The maximum atomic E-state index is 12.4. The Labute approximate surface area is 157 Å². The highest BCUT2D eigenvalue weighted by atomic mass is 16.4. The zero-order valence-corrected chi connectivity index (χ0v) is 15.1. The van der Waals surface area contributed by atoms with E-state index in [4.69, 9.17) is 0 Å². The van der Waals surface area contributed by atoms with Gasteiger partial charge in [0.1, 0.15) is 5.82 Å². The van der Waals surface area contributed by atoms with Gasteiger partial charge in [0.15, 0.2) is 0 Å². The van der Waals surface area contributed by atoms with Gasteiger partial charge in [-0.15, -0.1) is 0 Å². The lowest BCUT2D eigenvalue weighted by Gasteiger charge is -2.10. The minimum atomic E-state index is -1.13. The molecular weight excluding hydrogens is 342 g/mol. The summed E-state index contributed by atoms with van der Waals surface area (Å²) < 4.78 is 2.11. The quantitative estimate of drug-likeness (QED) is 0.668. The molecule has 1 aromatic heterocycles. The Morgan fingerprint density at radius 3 is 2.44 bits per heavy atom. The van der Waals surface area contributed by atoms with Gasteiger partial charge in [0.05, 0.1) is 11.1 Å². The number of carbonyl (C=O) groups excluding carboxylic acids is 1. The maximum Gasteiger partial charge on any atom is 0.336 e. The van der Waals surface area contributed by atoms with E-state index in [1.165, 1.54) is 12.1 Å². The van der Waals surface area contributed by atoms with E-state index in [9.17, 15) is 14.7 Å². The monoisotopic (exact) mass is 363 g/mol. The molecule has 0 bridgehead atoms. The Morgan fingerprint density at radius 2 is 1.78 bits per heavy atom. The van der Waals surface area contributed by atoms with Gasteiger partial charge in [0, 0.05) is 31.0 Å². The number of benzene rings is 2. The van der Waals surface area contributed by atoms with Gasteiger partial charge in [-0.1, -0.05) is 31.2 Å². The highest BCUT2D eigenvalue weighted by Gasteiger charge is 2.15. The van der Waals surface area contributed by atoms with E-state index in [1.54, 1.807) is 18.3 Å². The summed E-state index contributed by atoms with van der Waals surface area (Å²) in [6.45, 7) is 2.84. The molecule has 2 N–H and O–H groups in total. The fourth-order valence-electron chi connectivity index (χ4n) is 2.89. The van der Waals surface area contributed by atoms with Crippen molar-refractivity contribution < 1.29 is 14.7 Å². The molecule has 6 heteroatoms. The molecule has 0 aliphatic heterocycles. The lowest BCUT2D eigenvalue weighted by molar-refractivity contribution is 0.0692. The topological polar surface area (TPSA) is 84.2 Å². The lowest BCUT2D eigenvalue weighted by Crippen LogP contribution is -2.16. The first-order chi connectivity index (χ1) is 13.1. The van der Waals surface area contributed by atoms with Crippen LogP contribution in [0.2, 0.25) is 0 Å². The molecule has 138 valence electrons. The number of aromatic nitrogens is 2. The summed E-state index contributed by atoms with van der Waals surface area (Å²) >= 11 is 0. The Balaban J connectivity index is 1.70. The summed E-state index contributed by atoms with van der Waals surface area (Å²) in [6.07, 6.45) is 5.74. The zero-order chi connectivity index (χ0) is 19.2. The van der Waals surface area contributed by atoms with Gasteiger partial charge < -0.3 is 15.0 Å². The molecule has 0 saturated carbocycles. The smallest absolute Gasteiger partial charge is 0.336 e. The first kappa shape index (κ1) is 18.4. The van der Waals surface area contributed by atoms with E-state index >= 15 is 0 Å². The van der Waals surface area contributed by atoms with Crippen LogP contribution in [0.25, 0.3) is 0 Å². The predicted octanol–water partition coefficient (Wildman–Crippen LogP) is 3.83. The van der Waals surface area contributed by atoms with Crippen molar-refractivity contribution in [3.63, 3.8) is 0 Å². The van der Waals surface area contributed by atoms with Crippen LogP contribution in [0.4, 0.5) is 5.69 Å². The fraction of sp³-hybridized carbons (Fsp3) is 0.190. The van der Waals surface area contributed by atoms with E-state index < -0.39 is 11.9 Å². The maximum absolute atomic E-state index is 12.4. The summed E-state index contributed by atoms with van der Waals surface area (Å²) in [7, 11) is 0. The molecule has 0 aliphatic carbocycles. The molecule has 27 heavy (non-hydrogen) atoms. The van der Waals surface area contributed by atoms with E-state index in [1.807, 2.05) is 30.5 Å². The molecule has 0 unspecified atom stereocenters. The molecule has 2 aromatic carbocycles. The third-order valence-electron chi connectivity index (χ3n) is 4.24. The van der Waals surface area contributed by atoms with Crippen LogP contribution >= 0.6 is 0 Å². The second kappa shape index (κ2) is 8.31. The average molecular weight is 363 g/mol. The van der Waals surface area contributed by atoms with Gasteiger partial charge in [-0.05, 0) is 36.2 Å². The number of imidazole rings is 1. The minimum absolute atomic E-state index is 0.0184. The number of amides is 1. The largest absolute Gasteiger partial charge is 0.478 e. The minimum Gasteiger partial charge on any atom is -0.478 e. The molecule has 1 amide bonds. The number of hydrogen-bond donors (Lipinski definition) is 2. The number of aryl methyl sites for hydroxylation is 1. The number of carbonyl (C=O) groups is 2. The highest BCUT2D eigenvalue weighted by molar-refractivity contribution is 6.10. The molecule has 6 nitrogen and oxygen atoms in total. The number of hydrogen-bond acceptors (Lipinski definition) is 3. The van der Waals surface area contributed by atoms with E-state index in [0.717, 1.165) is 24.2 Å². The summed E-state index contributed by atoms with van der Waals surface area (Å²) in [5.41, 5.74) is 1.82. The Hall–Kier alpha value is -3.41. The van der Waals surface area contributed by atoms with Crippen molar-refractivity contribution in [2.24, 2.45) is 0 Å². The van der Waals surface area contributed by atoms with Crippen LogP contribution in [0.1, 0.15) is 45.4 Å². The van der Waals surface area contributed by atoms with Gasteiger partial charge in [0.25, 0.3) is 5.91 Å². The summed E-state index contributed by atoms with van der Waals surface area (Å²) in [5, 5.41) is 12.0. The molecule has 0 radical (unpaired) electrons. The van der Waals surface area contributed by atoms with E-state index in [-0.39, 0.29) is 11.1 Å². The number of anilines is 1. The predicted molar refractivity (Wildman–Crippen MR) is 103 cm³/mol. The first-order valence-electron chi connectivity index (χ1n) is 8.81. The number of rotatable bonds is 7. The van der Waals surface area contributed by atoms with Crippen LogP contribution in [0.15, 0.2) is 60.9 Å². The van der Waals surface area contributed by atoms with Crippen LogP contribution < -0.4 is 5.32 Å². The molecular formula is C21H21N3O3. The summed E-state index contributed by atoms with van der Waals surface area (Å²) in [4.78, 5) is 28.0. The highest BCUT2D eigenvalue weighted by Crippen LogP contribution is 2.15. The van der Waals surface area contributed by atoms with Gasteiger partial charge in [-0.25, -0.2) is 9.78 Å². The molecule has 3 aromatic rings. The Morgan fingerprint density at radius 1 is 1.07 bits per heavy atom. The van der Waals surface area contributed by atoms with E-state index in [2.05, 4.69) is 21.8 Å². The van der Waals surface area contributed by atoms with Gasteiger partial charge in [-0.3, -0.25) is 4.79 Å². The molecule has 0 fully saturated rings. The summed E-state index contributed by atoms with van der Waals surface area (Å²) in [5.74, 6) is -0.514. The van der Waals surface area contributed by atoms with Crippen molar-refractivity contribution in [2.45, 2.75) is 26.3 Å². The number of carboxylic acid groups (broad SMARTS) is 1. The molecule has 0 aliphatic rings. The van der Waals surface area contributed by atoms with Crippen molar-refractivity contribution >= 4 is 17.6 Å². The van der Waals surface area contributed by atoms with Crippen molar-refractivity contribution in [2.75, 3.05) is 5.32 Å². The van der Waals surface area contributed by atoms with Crippen LogP contribution in [-0.2, 0) is 13.0 Å². The summed E-state index contributed by atoms with van der Waals surface area (Å²) in [6, 6.07) is 13.7. The second-order valence-corrected chi connectivity index (χ2v) is 6.22. The van der Waals surface area contributed by atoms with Gasteiger partial charge in [-0.2, -0.15) is 0 Å². The standard InChI is InChI=1S/C21H21N3O3/c1-2-5-19-22-12-13-24(19)14-15-8-10-16(11-9-15)23-20(25)17-6-3-4-7-18(17)21(26)27/h3-4,6-13H,2,5,14H2,1H3,(H,23,25)(H,26,27). The number of nitrogens with one attached hydrogen (secondary N) is 1. The molecule has 0 saturated heterocycles. The van der Waals surface area contributed by atoms with Crippen LogP contribution in [0.3, 0.4) is 0 Å². The molecule has 0 atom stereocenters. The Bertz CT molecular complexity index is 945. The second-order valence-electron chi connectivity index (χ2n) is 6.22. The van der Waals surface area contributed by atoms with Crippen LogP contribution in [0.5, 0.6) is 0 Å². The van der Waals surface area contributed by atoms with Gasteiger partial charge in [0.2, 0.25) is 0 Å². The number of carboxylic acids is 1. The van der Waals surface area contributed by atoms with Gasteiger partial charge >= 0.3 is 5.97 Å². The van der Waals surface area contributed by atoms with Crippen molar-refractivity contribution in [1.82, 2.24) is 9.55 Å². The third kappa shape index (κ3) is 4.41. The third-order valence-corrected chi connectivity index (χ3v) is 4.24. The van der Waals surface area contributed by atoms with E-state index in [0.29, 0.717) is 12.2 Å². The van der Waals surface area contributed by atoms with Crippen molar-refractivity contribution in [3.8, 4) is 0 Å².